The first-order valence-electron chi connectivity index (χ1n) is 11.7. The minimum absolute atomic E-state index is 0.238. The van der Waals surface area contributed by atoms with Gasteiger partial charge in [0.05, 0.1) is 6.54 Å². The standard InChI is InChI=1S/C25H25ClFN7O3/c1-30-21-20(22(35)31(2)25(30)37)34(15-16-6-8-18(27)9-7-16)23(29-21)32-10-12-33(13-11-32)24(36)28-19-5-3-4-17(26)14-19/h3-9,14H,10-13,15H2,1-2H3,(H,28,36). The second kappa shape index (κ2) is 9.74. The molecule has 2 aromatic heterocycles. The summed E-state index contributed by atoms with van der Waals surface area (Å²) in [6.07, 6.45) is 0. The van der Waals surface area contributed by atoms with E-state index in [1.165, 1.54) is 23.7 Å². The summed E-state index contributed by atoms with van der Waals surface area (Å²) in [5.74, 6) is 0.150. The molecule has 0 aliphatic carbocycles. The van der Waals surface area contributed by atoms with Crippen molar-refractivity contribution in [2.75, 3.05) is 36.4 Å². The Balaban J connectivity index is 1.45. The number of piperazine rings is 1. The third-order valence-electron chi connectivity index (χ3n) is 6.51. The molecule has 10 nitrogen and oxygen atoms in total. The number of urea groups is 1. The van der Waals surface area contributed by atoms with Crippen molar-refractivity contribution in [1.82, 2.24) is 23.6 Å². The van der Waals surface area contributed by atoms with E-state index in [-0.39, 0.29) is 29.6 Å². The van der Waals surface area contributed by atoms with Gasteiger partial charge in [0.25, 0.3) is 5.56 Å². The minimum Gasteiger partial charge on any atom is -0.339 e. The lowest BCUT2D eigenvalue weighted by atomic mass is 10.2. The molecule has 2 amide bonds. The fraction of sp³-hybridized carbons (Fsp3) is 0.280. The maximum Gasteiger partial charge on any atom is 0.332 e. The number of hydrogen-bond acceptors (Lipinski definition) is 5. The van der Waals surface area contributed by atoms with Gasteiger partial charge in [0, 0.05) is 51.0 Å². The van der Waals surface area contributed by atoms with E-state index in [0.717, 1.165) is 10.1 Å². The second-order valence-electron chi connectivity index (χ2n) is 8.92. The topological polar surface area (TPSA) is 97.4 Å². The third-order valence-corrected chi connectivity index (χ3v) is 6.74. The van der Waals surface area contributed by atoms with E-state index in [1.807, 2.05) is 4.90 Å². The Morgan fingerprint density at radius 1 is 1.03 bits per heavy atom. The Labute approximate surface area is 216 Å². The number of carbonyl (C=O) groups excluding carboxylic acids is 1. The monoisotopic (exact) mass is 525 g/mol. The fourth-order valence-electron chi connectivity index (χ4n) is 4.48. The van der Waals surface area contributed by atoms with Gasteiger partial charge in [-0.1, -0.05) is 29.8 Å². The molecule has 2 aromatic carbocycles. The average molecular weight is 526 g/mol. The molecule has 37 heavy (non-hydrogen) atoms. The summed E-state index contributed by atoms with van der Waals surface area (Å²) in [4.78, 5) is 46.8. The molecule has 0 bridgehead atoms. The Hall–Kier alpha value is -4.12. The second-order valence-corrected chi connectivity index (χ2v) is 9.35. The zero-order chi connectivity index (χ0) is 26.3. The van der Waals surface area contributed by atoms with Crippen LogP contribution in [0.2, 0.25) is 5.02 Å². The highest BCUT2D eigenvalue weighted by atomic mass is 35.5. The van der Waals surface area contributed by atoms with Crippen LogP contribution in [0.5, 0.6) is 0 Å². The summed E-state index contributed by atoms with van der Waals surface area (Å²) >= 11 is 6.01. The van der Waals surface area contributed by atoms with E-state index in [0.29, 0.717) is 42.8 Å². The molecule has 3 heterocycles. The van der Waals surface area contributed by atoms with Gasteiger partial charge in [-0.05, 0) is 35.9 Å². The number of halogens is 2. The number of rotatable bonds is 4. The predicted octanol–water partition coefficient (Wildman–Crippen LogP) is 2.63. The van der Waals surface area contributed by atoms with Crippen LogP contribution in [-0.4, -0.2) is 55.8 Å². The number of imidazole rings is 1. The molecule has 192 valence electrons. The van der Waals surface area contributed by atoms with Crippen LogP contribution in [0.25, 0.3) is 11.2 Å². The van der Waals surface area contributed by atoms with Crippen molar-refractivity contribution in [2.45, 2.75) is 6.54 Å². The van der Waals surface area contributed by atoms with Gasteiger partial charge < -0.3 is 15.1 Å². The SMILES string of the molecule is Cn1c(=O)c2c(nc(N3CCN(C(=O)Nc4cccc(Cl)c4)CC3)n2Cc2ccc(F)cc2)n(C)c1=O. The van der Waals surface area contributed by atoms with Gasteiger partial charge in [0.1, 0.15) is 5.82 Å². The van der Waals surface area contributed by atoms with Crippen molar-refractivity contribution >= 4 is 40.4 Å². The van der Waals surface area contributed by atoms with Crippen LogP contribution in [0, 0.1) is 5.82 Å². The maximum atomic E-state index is 13.5. The van der Waals surface area contributed by atoms with Crippen LogP contribution in [0.3, 0.4) is 0 Å². The van der Waals surface area contributed by atoms with Crippen molar-refractivity contribution < 1.29 is 9.18 Å². The number of benzene rings is 2. The Bertz CT molecular complexity index is 1600. The number of aromatic nitrogens is 4. The summed E-state index contributed by atoms with van der Waals surface area (Å²) < 4.78 is 17.6. The summed E-state index contributed by atoms with van der Waals surface area (Å²) in [6.45, 7) is 2.02. The van der Waals surface area contributed by atoms with Crippen LogP contribution in [0.1, 0.15) is 5.56 Å². The highest BCUT2D eigenvalue weighted by molar-refractivity contribution is 6.30. The maximum absolute atomic E-state index is 13.5. The van der Waals surface area contributed by atoms with Crippen LogP contribution >= 0.6 is 11.6 Å². The molecule has 0 spiro atoms. The fourth-order valence-corrected chi connectivity index (χ4v) is 4.67. The number of aryl methyl sites for hydroxylation is 1. The normalized spacial score (nSPS) is 13.8. The number of hydrogen-bond donors (Lipinski definition) is 1. The number of anilines is 2. The summed E-state index contributed by atoms with van der Waals surface area (Å²) in [6, 6.07) is 12.7. The number of carbonyl (C=O) groups is 1. The molecular formula is C25H25ClFN7O3. The van der Waals surface area contributed by atoms with Crippen molar-refractivity contribution in [3.05, 3.63) is 85.8 Å². The largest absolute Gasteiger partial charge is 0.339 e. The van der Waals surface area contributed by atoms with Crippen LogP contribution in [-0.2, 0) is 20.6 Å². The molecular weight excluding hydrogens is 501 g/mol. The smallest absolute Gasteiger partial charge is 0.332 e. The molecule has 1 aliphatic rings. The first kappa shape index (κ1) is 24.6. The minimum atomic E-state index is -0.474. The molecule has 1 saturated heterocycles. The van der Waals surface area contributed by atoms with Gasteiger partial charge in [0.15, 0.2) is 11.2 Å². The van der Waals surface area contributed by atoms with Gasteiger partial charge in [-0.2, -0.15) is 4.98 Å². The zero-order valence-electron chi connectivity index (χ0n) is 20.3. The molecule has 1 fully saturated rings. The molecule has 0 radical (unpaired) electrons. The molecule has 1 aliphatic heterocycles. The lowest BCUT2D eigenvalue weighted by Gasteiger charge is -2.35. The van der Waals surface area contributed by atoms with Crippen LogP contribution < -0.4 is 21.5 Å². The van der Waals surface area contributed by atoms with Crippen molar-refractivity contribution in [1.29, 1.82) is 0 Å². The predicted molar refractivity (Wildman–Crippen MR) is 140 cm³/mol. The van der Waals surface area contributed by atoms with E-state index in [4.69, 9.17) is 16.6 Å². The number of fused-ring (bicyclic) bond motifs is 1. The van der Waals surface area contributed by atoms with E-state index in [2.05, 4.69) is 5.32 Å². The van der Waals surface area contributed by atoms with Crippen molar-refractivity contribution in [3.63, 3.8) is 0 Å². The average Bonchev–Trinajstić information content (AvgIpc) is 3.27. The van der Waals surface area contributed by atoms with E-state index >= 15 is 0 Å². The Morgan fingerprint density at radius 3 is 2.41 bits per heavy atom. The molecule has 12 heteroatoms. The van der Waals surface area contributed by atoms with E-state index in [9.17, 15) is 18.8 Å². The van der Waals surface area contributed by atoms with Crippen molar-refractivity contribution in [3.8, 4) is 0 Å². The van der Waals surface area contributed by atoms with Crippen LogP contribution in [0.15, 0.2) is 58.1 Å². The van der Waals surface area contributed by atoms with E-state index < -0.39 is 11.2 Å². The van der Waals surface area contributed by atoms with Crippen LogP contribution in [0.4, 0.5) is 20.8 Å². The number of amides is 2. The Kier molecular flexibility index (Phi) is 6.46. The van der Waals surface area contributed by atoms with E-state index in [1.54, 1.807) is 52.9 Å². The molecule has 0 saturated carbocycles. The van der Waals surface area contributed by atoms with Gasteiger partial charge in [-0.15, -0.1) is 0 Å². The summed E-state index contributed by atoms with van der Waals surface area (Å²) in [5.41, 5.74) is 1.00. The number of nitrogens with zero attached hydrogens (tertiary/aromatic N) is 6. The summed E-state index contributed by atoms with van der Waals surface area (Å²) in [7, 11) is 3.00. The highest BCUT2D eigenvalue weighted by Gasteiger charge is 2.27. The molecule has 1 N–H and O–H groups in total. The van der Waals surface area contributed by atoms with Gasteiger partial charge >= 0.3 is 11.7 Å². The molecule has 5 rings (SSSR count). The highest BCUT2D eigenvalue weighted by Crippen LogP contribution is 2.23. The Morgan fingerprint density at radius 2 is 1.73 bits per heavy atom. The first-order valence-corrected chi connectivity index (χ1v) is 12.1. The van der Waals surface area contributed by atoms with Crippen molar-refractivity contribution in [2.24, 2.45) is 14.1 Å². The molecule has 4 aromatic rings. The quantitative estimate of drug-likeness (QED) is 0.442. The van der Waals surface area contributed by atoms with Gasteiger partial charge in [0.2, 0.25) is 5.95 Å². The lowest BCUT2D eigenvalue weighted by Crippen LogP contribution is -2.50. The lowest BCUT2D eigenvalue weighted by molar-refractivity contribution is 0.208. The van der Waals surface area contributed by atoms with Gasteiger partial charge in [-0.25, -0.2) is 14.0 Å². The molecule has 0 unspecified atom stereocenters. The van der Waals surface area contributed by atoms with Gasteiger partial charge in [-0.3, -0.25) is 18.5 Å². The zero-order valence-corrected chi connectivity index (χ0v) is 21.1. The first-order chi connectivity index (χ1) is 17.7. The molecule has 0 atom stereocenters. The summed E-state index contributed by atoms with van der Waals surface area (Å²) in [5, 5.41) is 3.39. The third kappa shape index (κ3) is 4.69. The number of nitrogens with one attached hydrogen (secondary N) is 1.